The van der Waals surface area contributed by atoms with Crippen LogP contribution >= 0.6 is 23.2 Å². The second kappa shape index (κ2) is 6.02. The highest BCUT2D eigenvalue weighted by atomic mass is 35.5. The summed E-state index contributed by atoms with van der Waals surface area (Å²) in [6.45, 7) is 2.28. The first-order valence-electron chi connectivity index (χ1n) is 6.46. The van der Waals surface area contributed by atoms with Crippen molar-refractivity contribution < 1.29 is 9.59 Å². The van der Waals surface area contributed by atoms with E-state index in [0.717, 1.165) is 6.42 Å². The van der Waals surface area contributed by atoms with Gasteiger partial charge in [-0.3, -0.25) is 9.59 Å². The third-order valence-corrected chi connectivity index (χ3v) is 4.55. The largest absolute Gasteiger partial charge is 0.369 e. The van der Waals surface area contributed by atoms with E-state index in [4.69, 9.17) is 28.9 Å². The average molecular weight is 315 g/mol. The van der Waals surface area contributed by atoms with Gasteiger partial charge in [-0.1, -0.05) is 29.3 Å². The molecule has 20 heavy (non-hydrogen) atoms. The van der Waals surface area contributed by atoms with Gasteiger partial charge in [0, 0.05) is 12.6 Å². The molecule has 1 aromatic rings. The Balaban J connectivity index is 2.26. The van der Waals surface area contributed by atoms with Crippen LogP contribution < -0.4 is 5.73 Å². The number of hydrogen-bond donors (Lipinski definition) is 1. The Morgan fingerprint density at radius 2 is 2.00 bits per heavy atom. The van der Waals surface area contributed by atoms with Gasteiger partial charge in [0.15, 0.2) is 0 Å². The van der Waals surface area contributed by atoms with Crippen molar-refractivity contribution >= 4 is 35.0 Å². The number of carbonyl (C=O) groups excluding carboxylic acids is 2. The second-order valence-electron chi connectivity index (χ2n) is 5.08. The fraction of sp³-hybridized carbons (Fsp3) is 0.429. The molecule has 0 bridgehead atoms. The van der Waals surface area contributed by atoms with E-state index >= 15 is 0 Å². The number of likely N-dealkylation sites (tertiary alicyclic amines) is 1. The molecule has 1 aliphatic heterocycles. The van der Waals surface area contributed by atoms with Gasteiger partial charge in [-0.25, -0.2) is 0 Å². The number of hydrogen-bond acceptors (Lipinski definition) is 2. The van der Waals surface area contributed by atoms with E-state index < -0.39 is 0 Å². The number of piperidine rings is 1. The molecule has 4 nitrogen and oxygen atoms in total. The molecule has 0 radical (unpaired) electrons. The van der Waals surface area contributed by atoms with Gasteiger partial charge >= 0.3 is 0 Å². The molecule has 1 aliphatic rings. The van der Waals surface area contributed by atoms with Crippen LogP contribution in [0.4, 0.5) is 0 Å². The summed E-state index contributed by atoms with van der Waals surface area (Å²) >= 11 is 12.0. The number of amides is 2. The highest BCUT2D eigenvalue weighted by Crippen LogP contribution is 2.29. The van der Waals surface area contributed by atoms with Crippen LogP contribution in [-0.2, 0) is 4.79 Å². The quantitative estimate of drug-likeness (QED) is 0.912. The minimum absolute atomic E-state index is 0.0492. The predicted octanol–water partition coefficient (Wildman–Crippen LogP) is 2.72. The monoisotopic (exact) mass is 314 g/mol. The number of rotatable bonds is 2. The number of halogens is 2. The molecular weight excluding hydrogens is 299 g/mol. The first-order valence-corrected chi connectivity index (χ1v) is 7.21. The standard InChI is InChI=1S/C14H16Cl2N2O2/c1-8-5-6-9(13(17)19)7-18(8)14(20)10-3-2-4-11(15)12(10)16/h2-4,8-9H,5-7H2,1H3,(H2,17,19)/t8-,9-/m1/s1. The van der Waals surface area contributed by atoms with E-state index in [1.54, 1.807) is 23.1 Å². The van der Waals surface area contributed by atoms with Crippen LogP contribution in [0, 0.1) is 5.92 Å². The summed E-state index contributed by atoms with van der Waals surface area (Å²) in [4.78, 5) is 25.6. The molecule has 1 saturated heterocycles. The first-order chi connectivity index (χ1) is 9.41. The normalized spacial score (nSPS) is 22.6. The Hall–Kier alpha value is -1.26. The molecule has 0 unspecified atom stereocenters. The van der Waals surface area contributed by atoms with Crippen molar-refractivity contribution in [2.24, 2.45) is 11.7 Å². The molecule has 2 atom stereocenters. The van der Waals surface area contributed by atoms with Gasteiger partial charge in [-0.05, 0) is 31.9 Å². The zero-order valence-corrected chi connectivity index (χ0v) is 12.6. The molecule has 108 valence electrons. The van der Waals surface area contributed by atoms with Crippen LogP contribution in [0.1, 0.15) is 30.1 Å². The van der Waals surface area contributed by atoms with Crippen molar-refractivity contribution in [2.45, 2.75) is 25.8 Å². The highest BCUT2D eigenvalue weighted by Gasteiger charge is 2.32. The third-order valence-electron chi connectivity index (χ3n) is 3.73. The Kier molecular flexibility index (Phi) is 4.55. The van der Waals surface area contributed by atoms with Gasteiger partial charge in [-0.2, -0.15) is 0 Å². The molecule has 0 aromatic heterocycles. The van der Waals surface area contributed by atoms with Crippen LogP contribution in [0.25, 0.3) is 0 Å². The minimum atomic E-state index is -0.369. The van der Waals surface area contributed by atoms with Gasteiger partial charge in [-0.15, -0.1) is 0 Å². The molecule has 1 heterocycles. The Morgan fingerprint density at radius 3 is 2.65 bits per heavy atom. The Morgan fingerprint density at radius 1 is 1.30 bits per heavy atom. The summed E-state index contributed by atoms with van der Waals surface area (Å²) in [5.41, 5.74) is 5.70. The maximum absolute atomic E-state index is 12.6. The lowest BCUT2D eigenvalue weighted by Gasteiger charge is -2.37. The maximum Gasteiger partial charge on any atom is 0.255 e. The fourth-order valence-corrected chi connectivity index (χ4v) is 2.83. The Bertz CT molecular complexity index is 548. The lowest BCUT2D eigenvalue weighted by molar-refractivity contribution is -0.123. The lowest BCUT2D eigenvalue weighted by atomic mass is 9.92. The summed E-state index contributed by atoms with van der Waals surface area (Å²) < 4.78 is 0. The van der Waals surface area contributed by atoms with E-state index in [-0.39, 0.29) is 28.8 Å². The van der Waals surface area contributed by atoms with Gasteiger partial charge in [0.25, 0.3) is 5.91 Å². The number of primary amides is 1. The van der Waals surface area contributed by atoms with E-state index in [2.05, 4.69) is 0 Å². The van der Waals surface area contributed by atoms with E-state index in [1.807, 2.05) is 6.92 Å². The first kappa shape index (κ1) is 15.1. The third kappa shape index (κ3) is 2.91. The zero-order chi connectivity index (χ0) is 14.9. The molecular formula is C14H16Cl2N2O2. The molecule has 1 fully saturated rings. The summed E-state index contributed by atoms with van der Waals surface area (Å²) in [6.07, 6.45) is 1.46. The van der Waals surface area contributed by atoms with Crippen LogP contribution in [0.15, 0.2) is 18.2 Å². The topological polar surface area (TPSA) is 63.4 Å². The van der Waals surface area contributed by atoms with Crippen LogP contribution in [0.2, 0.25) is 10.0 Å². The number of carbonyl (C=O) groups is 2. The molecule has 2 N–H and O–H groups in total. The summed E-state index contributed by atoms with van der Waals surface area (Å²) in [5.74, 6) is -0.879. The predicted molar refractivity (Wildman–Crippen MR) is 78.9 cm³/mol. The minimum Gasteiger partial charge on any atom is -0.369 e. The molecule has 0 saturated carbocycles. The lowest BCUT2D eigenvalue weighted by Crippen LogP contribution is -2.48. The number of benzene rings is 1. The smallest absolute Gasteiger partial charge is 0.255 e. The van der Waals surface area contributed by atoms with E-state index in [1.165, 1.54) is 0 Å². The Labute approximate surface area is 127 Å². The highest BCUT2D eigenvalue weighted by molar-refractivity contribution is 6.43. The van der Waals surface area contributed by atoms with Crippen LogP contribution in [0.5, 0.6) is 0 Å². The van der Waals surface area contributed by atoms with Gasteiger partial charge in [0.05, 0.1) is 21.5 Å². The molecule has 0 spiro atoms. The second-order valence-corrected chi connectivity index (χ2v) is 5.87. The fourth-order valence-electron chi connectivity index (χ4n) is 2.45. The molecule has 2 rings (SSSR count). The number of nitrogens with zero attached hydrogens (tertiary/aromatic N) is 1. The number of nitrogens with two attached hydrogens (primary N) is 1. The SMILES string of the molecule is C[C@@H]1CC[C@@H](C(N)=O)CN1C(=O)c1cccc(Cl)c1Cl. The maximum atomic E-state index is 12.6. The van der Waals surface area contributed by atoms with Crippen molar-refractivity contribution in [1.82, 2.24) is 4.90 Å². The van der Waals surface area contributed by atoms with Crippen molar-refractivity contribution in [3.63, 3.8) is 0 Å². The molecule has 0 aliphatic carbocycles. The van der Waals surface area contributed by atoms with E-state index in [0.29, 0.717) is 23.6 Å². The molecule has 2 amide bonds. The van der Waals surface area contributed by atoms with Gasteiger partial charge < -0.3 is 10.6 Å². The van der Waals surface area contributed by atoms with Gasteiger partial charge in [0.1, 0.15) is 0 Å². The summed E-state index contributed by atoms with van der Waals surface area (Å²) in [5, 5.41) is 0.584. The molecule has 6 heteroatoms. The van der Waals surface area contributed by atoms with Crippen LogP contribution in [-0.4, -0.2) is 29.3 Å². The van der Waals surface area contributed by atoms with Crippen molar-refractivity contribution in [3.8, 4) is 0 Å². The van der Waals surface area contributed by atoms with Crippen LogP contribution in [0.3, 0.4) is 0 Å². The average Bonchev–Trinajstić information content (AvgIpc) is 2.41. The summed E-state index contributed by atoms with van der Waals surface area (Å²) in [7, 11) is 0. The summed E-state index contributed by atoms with van der Waals surface area (Å²) in [6, 6.07) is 5.00. The van der Waals surface area contributed by atoms with E-state index in [9.17, 15) is 9.59 Å². The van der Waals surface area contributed by atoms with Gasteiger partial charge in [0.2, 0.25) is 5.91 Å². The van der Waals surface area contributed by atoms with Crippen molar-refractivity contribution in [1.29, 1.82) is 0 Å². The van der Waals surface area contributed by atoms with Crippen molar-refractivity contribution in [3.05, 3.63) is 33.8 Å². The molecule has 1 aromatic carbocycles. The zero-order valence-electron chi connectivity index (χ0n) is 11.1. The van der Waals surface area contributed by atoms with Crippen molar-refractivity contribution in [2.75, 3.05) is 6.54 Å².